The van der Waals surface area contributed by atoms with Crippen molar-refractivity contribution >= 4 is 28.2 Å². The van der Waals surface area contributed by atoms with E-state index < -0.39 is 46.5 Å². The first-order chi connectivity index (χ1) is 13.7. The molecule has 10 heteroatoms. The molecule has 0 saturated carbocycles. The van der Waals surface area contributed by atoms with Crippen LogP contribution in [0.1, 0.15) is 20.7 Å². The first kappa shape index (κ1) is 20.3. The zero-order chi connectivity index (χ0) is 21.3. The lowest BCUT2D eigenvalue weighted by Gasteiger charge is -2.10. The fourth-order valence-electron chi connectivity index (χ4n) is 2.61. The molecule has 29 heavy (non-hydrogen) atoms. The highest BCUT2D eigenvalue weighted by atomic mass is 32.1. The Labute approximate surface area is 165 Å². The molecule has 0 radical (unpaired) electrons. The van der Waals surface area contributed by atoms with E-state index in [9.17, 15) is 32.3 Å². The normalized spacial score (nSPS) is 10.7. The monoisotopic (exact) mass is 425 g/mol. The van der Waals surface area contributed by atoms with E-state index in [0.29, 0.717) is 11.6 Å². The lowest BCUT2D eigenvalue weighted by Crippen LogP contribution is -2.17. The van der Waals surface area contributed by atoms with Gasteiger partial charge in [0.15, 0.2) is 17.4 Å². The predicted octanol–water partition coefficient (Wildman–Crippen LogP) is 4.93. The summed E-state index contributed by atoms with van der Waals surface area (Å²) in [5, 5.41) is 12.9. The zero-order valence-electron chi connectivity index (χ0n) is 14.6. The maximum atomic E-state index is 14.1. The van der Waals surface area contributed by atoms with E-state index in [0.717, 1.165) is 30.6 Å². The molecule has 1 aromatic heterocycles. The highest BCUT2D eigenvalue weighted by Crippen LogP contribution is 2.36. The molecule has 2 N–H and O–H groups in total. The minimum Gasteiger partial charge on any atom is -0.491 e. The number of hydrogen-bond donors (Lipinski definition) is 2. The summed E-state index contributed by atoms with van der Waals surface area (Å²) >= 11 is 0.807. The number of amides is 1. The van der Waals surface area contributed by atoms with Crippen LogP contribution in [0.2, 0.25) is 0 Å². The maximum absolute atomic E-state index is 14.1. The van der Waals surface area contributed by atoms with Crippen molar-refractivity contribution in [1.29, 1.82) is 0 Å². The van der Waals surface area contributed by atoms with Gasteiger partial charge in [-0.15, -0.1) is 11.3 Å². The Morgan fingerprint density at radius 2 is 1.72 bits per heavy atom. The van der Waals surface area contributed by atoms with E-state index in [1.54, 1.807) is 0 Å². The fraction of sp³-hybridized carbons (Fsp3) is 0.0526. The average Bonchev–Trinajstić information content (AvgIpc) is 3.09. The van der Waals surface area contributed by atoms with Crippen LogP contribution in [-0.4, -0.2) is 24.1 Å². The molecular weight excluding hydrogens is 414 g/mol. The lowest BCUT2D eigenvalue weighted by molar-refractivity contribution is 0.0699. The van der Waals surface area contributed by atoms with Gasteiger partial charge in [0.1, 0.15) is 16.4 Å². The van der Waals surface area contributed by atoms with Crippen molar-refractivity contribution in [3.63, 3.8) is 0 Å². The summed E-state index contributed by atoms with van der Waals surface area (Å²) in [6.07, 6.45) is 0. The van der Waals surface area contributed by atoms with Crippen LogP contribution in [0.4, 0.5) is 22.6 Å². The second-order valence-electron chi connectivity index (χ2n) is 5.69. The van der Waals surface area contributed by atoms with E-state index >= 15 is 0 Å². The second kappa shape index (κ2) is 7.92. The molecule has 0 saturated heterocycles. The Morgan fingerprint density at radius 1 is 1.07 bits per heavy atom. The van der Waals surface area contributed by atoms with Gasteiger partial charge in [0, 0.05) is 10.9 Å². The number of carboxylic acids is 1. The number of thiophene rings is 1. The highest BCUT2D eigenvalue weighted by molar-refractivity contribution is 7.15. The molecule has 150 valence electrons. The SMILES string of the molecule is COc1c(F)cc(C(=O)Nc2scc(-c3ccc(F)cc3)c2C(=O)O)c(F)c1F. The minimum atomic E-state index is -1.69. The lowest BCUT2D eigenvalue weighted by atomic mass is 10.0. The van der Waals surface area contributed by atoms with Crippen molar-refractivity contribution in [3.05, 3.63) is 70.1 Å². The van der Waals surface area contributed by atoms with Gasteiger partial charge in [-0.2, -0.15) is 4.39 Å². The van der Waals surface area contributed by atoms with Gasteiger partial charge in [-0.25, -0.2) is 18.0 Å². The second-order valence-corrected chi connectivity index (χ2v) is 6.57. The quantitative estimate of drug-likeness (QED) is 0.449. The van der Waals surface area contributed by atoms with Crippen molar-refractivity contribution in [3.8, 4) is 16.9 Å². The van der Waals surface area contributed by atoms with Crippen LogP contribution in [0.15, 0.2) is 35.7 Å². The first-order valence-corrected chi connectivity index (χ1v) is 8.76. The van der Waals surface area contributed by atoms with Crippen LogP contribution in [0.5, 0.6) is 5.75 Å². The van der Waals surface area contributed by atoms with Crippen LogP contribution in [0.3, 0.4) is 0 Å². The third-order valence-corrected chi connectivity index (χ3v) is 4.85. The van der Waals surface area contributed by atoms with Crippen molar-refractivity contribution < 1.29 is 37.0 Å². The van der Waals surface area contributed by atoms with E-state index in [1.165, 1.54) is 17.5 Å². The number of halogens is 4. The highest BCUT2D eigenvalue weighted by Gasteiger charge is 2.26. The first-order valence-electron chi connectivity index (χ1n) is 7.88. The minimum absolute atomic E-state index is 0.183. The summed E-state index contributed by atoms with van der Waals surface area (Å²) in [4.78, 5) is 24.0. The number of anilines is 1. The fourth-order valence-corrected chi connectivity index (χ4v) is 3.56. The predicted molar refractivity (Wildman–Crippen MR) is 97.5 cm³/mol. The largest absolute Gasteiger partial charge is 0.491 e. The molecule has 0 aliphatic heterocycles. The van der Waals surface area contributed by atoms with E-state index in [-0.39, 0.29) is 16.1 Å². The Bertz CT molecular complexity index is 1110. The standard InChI is InChI=1S/C19H11F4NO4S/c1-28-16-12(21)6-10(14(22)15(16)23)17(25)24-18-13(19(26)27)11(7-29-18)8-2-4-9(20)5-3-8/h2-7H,1H3,(H,24,25)(H,26,27). The van der Waals surface area contributed by atoms with Crippen LogP contribution in [0, 0.1) is 23.3 Å². The number of methoxy groups -OCH3 is 1. The molecule has 0 aliphatic carbocycles. The molecule has 3 rings (SSSR count). The summed E-state index contributed by atoms with van der Waals surface area (Å²) < 4.78 is 59.3. The molecule has 5 nitrogen and oxygen atoms in total. The van der Waals surface area contributed by atoms with Crippen LogP contribution in [0.25, 0.3) is 11.1 Å². The number of nitrogens with one attached hydrogen (secondary N) is 1. The van der Waals surface area contributed by atoms with Crippen molar-refractivity contribution in [2.24, 2.45) is 0 Å². The van der Waals surface area contributed by atoms with E-state index in [1.807, 2.05) is 0 Å². The summed E-state index contributed by atoms with van der Waals surface area (Å²) in [5.41, 5.74) is -0.739. The molecule has 0 fully saturated rings. The van der Waals surface area contributed by atoms with Gasteiger partial charge in [-0.3, -0.25) is 4.79 Å². The number of carbonyl (C=O) groups is 2. The summed E-state index contributed by atoms with van der Waals surface area (Å²) in [7, 11) is 0.933. The summed E-state index contributed by atoms with van der Waals surface area (Å²) in [5.74, 6) is -8.80. The molecule has 0 bridgehead atoms. The number of carbonyl (C=O) groups excluding carboxylic acids is 1. The Morgan fingerprint density at radius 3 is 2.31 bits per heavy atom. The number of hydrogen-bond acceptors (Lipinski definition) is 4. The molecule has 1 amide bonds. The molecule has 0 aliphatic rings. The van der Waals surface area contributed by atoms with Crippen LogP contribution >= 0.6 is 11.3 Å². The van der Waals surface area contributed by atoms with Gasteiger partial charge in [-0.05, 0) is 23.8 Å². The Kier molecular flexibility index (Phi) is 5.55. The molecule has 3 aromatic rings. The zero-order valence-corrected chi connectivity index (χ0v) is 15.4. The van der Waals surface area contributed by atoms with E-state index in [4.69, 9.17) is 0 Å². The Balaban J connectivity index is 2.00. The number of benzene rings is 2. The molecule has 0 unspecified atom stereocenters. The average molecular weight is 425 g/mol. The van der Waals surface area contributed by atoms with Crippen molar-refractivity contribution in [2.45, 2.75) is 0 Å². The molecule has 2 aromatic carbocycles. The van der Waals surface area contributed by atoms with Gasteiger partial charge < -0.3 is 15.2 Å². The smallest absolute Gasteiger partial charge is 0.339 e. The van der Waals surface area contributed by atoms with Crippen molar-refractivity contribution in [1.82, 2.24) is 0 Å². The Hall–Kier alpha value is -3.40. The van der Waals surface area contributed by atoms with Crippen molar-refractivity contribution in [2.75, 3.05) is 12.4 Å². The third kappa shape index (κ3) is 3.79. The van der Waals surface area contributed by atoms with Gasteiger partial charge in [0.2, 0.25) is 5.82 Å². The topological polar surface area (TPSA) is 75.6 Å². The number of aromatic carboxylic acids is 1. The van der Waals surface area contributed by atoms with Gasteiger partial charge >= 0.3 is 5.97 Å². The summed E-state index contributed by atoms with van der Waals surface area (Å²) in [6, 6.07) is 5.42. The molecule has 1 heterocycles. The van der Waals surface area contributed by atoms with Crippen LogP contribution in [-0.2, 0) is 0 Å². The number of rotatable bonds is 5. The van der Waals surface area contributed by atoms with Gasteiger partial charge in [0.25, 0.3) is 5.91 Å². The summed E-state index contributed by atoms with van der Waals surface area (Å²) in [6.45, 7) is 0. The van der Waals surface area contributed by atoms with Gasteiger partial charge in [0.05, 0.1) is 12.7 Å². The molecule has 0 atom stereocenters. The molecular formula is C19H11F4NO4S. The van der Waals surface area contributed by atoms with Gasteiger partial charge in [-0.1, -0.05) is 12.1 Å². The van der Waals surface area contributed by atoms with Crippen LogP contribution < -0.4 is 10.1 Å². The molecule has 0 spiro atoms. The number of ether oxygens (including phenoxy) is 1. The number of carboxylic acid groups (broad SMARTS) is 1. The third-order valence-electron chi connectivity index (χ3n) is 3.95. The maximum Gasteiger partial charge on any atom is 0.339 e. The van der Waals surface area contributed by atoms with E-state index in [2.05, 4.69) is 10.1 Å².